The number of anilines is 1. The van der Waals surface area contributed by atoms with E-state index in [1.807, 2.05) is 13.8 Å². The molecule has 2 aliphatic rings. The number of amides is 1. The second-order valence-electron chi connectivity index (χ2n) is 6.61. The topological polar surface area (TPSA) is 60.5 Å². The van der Waals surface area contributed by atoms with Crippen LogP contribution in [0.4, 0.5) is 14.6 Å². The van der Waals surface area contributed by atoms with Gasteiger partial charge >= 0.3 is 6.29 Å². The maximum absolute atomic E-state index is 13.2. The van der Waals surface area contributed by atoms with E-state index in [2.05, 4.69) is 19.8 Å². The third-order valence-electron chi connectivity index (χ3n) is 4.85. The van der Waals surface area contributed by atoms with Gasteiger partial charge in [0.15, 0.2) is 11.5 Å². The fourth-order valence-corrected chi connectivity index (χ4v) is 3.26. The molecule has 8 heteroatoms. The van der Waals surface area contributed by atoms with Crippen molar-refractivity contribution >= 4 is 23.3 Å². The molecule has 1 aliphatic heterocycles. The molecule has 0 atom stereocenters. The van der Waals surface area contributed by atoms with E-state index in [-0.39, 0.29) is 17.4 Å². The second-order valence-corrected chi connectivity index (χ2v) is 6.96. The van der Waals surface area contributed by atoms with Crippen LogP contribution in [0.5, 0.6) is 11.5 Å². The highest BCUT2D eigenvalue weighted by atomic mass is 35.5. The van der Waals surface area contributed by atoms with Crippen molar-refractivity contribution in [1.82, 2.24) is 4.98 Å². The zero-order valence-electron chi connectivity index (χ0n) is 14.0. The SMILES string of the molecule is Cc1cc(NC(=O)C2(c3ccc4c(c3)OC(F)(F)O4)CC2)nc(Cl)c1C. The minimum atomic E-state index is -3.68. The van der Waals surface area contributed by atoms with Crippen molar-refractivity contribution in [1.29, 1.82) is 0 Å². The van der Waals surface area contributed by atoms with Crippen LogP contribution in [-0.4, -0.2) is 17.2 Å². The number of nitrogens with one attached hydrogen (secondary N) is 1. The Hall–Kier alpha value is -2.41. The molecular weight excluding hydrogens is 366 g/mol. The number of carbonyl (C=O) groups excluding carboxylic acids is 1. The van der Waals surface area contributed by atoms with Crippen LogP contribution in [0, 0.1) is 13.8 Å². The molecule has 4 rings (SSSR count). The highest BCUT2D eigenvalue weighted by Crippen LogP contribution is 2.52. The van der Waals surface area contributed by atoms with E-state index in [0.29, 0.717) is 29.4 Å². The molecule has 5 nitrogen and oxygen atoms in total. The molecular formula is C18H15ClF2N2O3. The summed E-state index contributed by atoms with van der Waals surface area (Å²) in [6.45, 7) is 3.73. The highest BCUT2D eigenvalue weighted by molar-refractivity contribution is 6.30. The van der Waals surface area contributed by atoms with Crippen LogP contribution in [0.1, 0.15) is 29.5 Å². The van der Waals surface area contributed by atoms with E-state index in [1.54, 1.807) is 12.1 Å². The van der Waals surface area contributed by atoms with Crippen LogP contribution in [0.2, 0.25) is 5.15 Å². The number of hydrogen-bond donors (Lipinski definition) is 1. The van der Waals surface area contributed by atoms with Crippen LogP contribution >= 0.6 is 11.6 Å². The number of halogens is 3. The van der Waals surface area contributed by atoms with Crippen LogP contribution in [0.25, 0.3) is 0 Å². The Kier molecular flexibility index (Phi) is 3.63. The van der Waals surface area contributed by atoms with E-state index in [9.17, 15) is 13.6 Å². The van der Waals surface area contributed by atoms with E-state index >= 15 is 0 Å². The van der Waals surface area contributed by atoms with Crippen molar-refractivity contribution in [3.63, 3.8) is 0 Å². The van der Waals surface area contributed by atoms with Gasteiger partial charge in [0.05, 0.1) is 5.41 Å². The first kappa shape index (κ1) is 17.0. The van der Waals surface area contributed by atoms with Gasteiger partial charge in [-0.2, -0.15) is 0 Å². The molecule has 26 heavy (non-hydrogen) atoms. The van der Waals surface area contributed by atoms with Crippen molar-refractivity contribution in [2.24, 2.45) is 0 Å². The zero-order valence-corrected chi connectivity index (χ0v) is 14.8. The normalized spacial score (nSPS) is 18.5. The Labute approximate surface area is 153 Å². The van der Waals surface area contributed by atoms with Gasteiger partial charge in [-0.25, -0.2) is 4.98 Å². The summed E-state index contributed by atoms with van der Waals surface area (Å²) in [6, 6.07) is 6.18. The van der Waals surface area contributed by atoms with Gasteiger partial charge < -0.3 is 14.8 Å². The molecule has 1 saturated carbocycles. The van der Waals surface area contributed by atoms with Gasteiger partial charge in [0.2, 0.25) is 5.91 Å². The lowest BCUT2D eigenvalue weighted by molar-refractivity contribution is -0.286. The molecule has 1 fully saturated rings. The lowest BCUT2D eigenvalue weighted by atomic mass is 9.94. The van der Waals surface area contributed by atoms with Crippen LogP contribution in [0.15, 0.2) is 24.3 Å². The van der Waals surface area contributed by atoms with Crippen LogP contribution in [-0.2, 0) is 10.2 Å². The first-order valence-electron chi connectivity index (χ1n) is 8.06. The number of nitrogens with zero attached hydrogens (tertiary/aromatic N) is 1. The predicted octanol–water partition coefficient (Wildman–Crippen LogP) is 4.34. The molecule has 1 N–H and O–H groups in total. The molecule has 1 aromatic carbocycles. The van der Waals surface area contributed by atoms with Gasteiger partial charge in [-0.05, 0) is 61.6 Å². The molecule has 136 valence electrons. The van der Waals surface area contributed by atoms with E-state index in [1.165, 1.54) is 12.1 Å². The predicted molar refractivity (Wildman–Crippen MR) is 90.9 cm³/mol. The van der Waals surface area contributed by atoms with E-state index < -0.39 is 11.7 Å². The van der Waals surface area contributed by atoms with Gasteiger partial charge in [-0.3, -0.25) is 4.79 Å². The number of ether oxygens (including phenoxy) is 2. The van der Waals surface area contributed by atoms with Crippen molar-refractivity contribution in [3.05, 3.63) is 46.1 Å². The molecule has 0 saturated heterocycles. The number of aromatic nitrogens is 1. The minimum Gasteiger partial charge on any atom is -0.395 e. The first-order valence-corrected chi connectivity index (χ1v) is 8.44. The third kappa shape index (κ3) is 2.76. The average Bonchev–Trinajstić information content (AvgIpc) is 3.30. The van der Waals surface area contributed by atoms with Crippen molar-refractivity contribution < 1.29 is 23.0 Å². The van der Waals surface area contributed by atoms with Crippen LogP contribution < -0.4 is 14.8 Å². The summed E-state index contributed by atoms with van der Waals surface area (Å²) in [7, 11) is 0. The quantitative estimate of drug-likeness (QED) is 0.804. The van der Waals surface area contributed by atoms with Crippen molar-refractivity contribution in [3.8, 4) is 11.5 Å². The summed E-state index contributed by atoms with van der Waals surface area (Å²) in [4.78, 5) is 17.0. The Morgan fingerprint density at radius 1 is 1.19 bits per heavy atom. The highest BCUT2D eigenvalue weighted by Gasteiger charge is 2.53. The smallest absolute Gasteiger partial charge is 0.395 e. The number of pyridine rings is 1. The first-order chi connectivity index (χ1) is 12.2. The number of carbonyl (C=O) groups is 1. The molecule has 1 amide bonds. The number of benzene rings is 1. The van der Waals surface area contributed by atoms with E-state index in [0.717, 1.165) is 11.1 Å². The Bertz CT molecular complexity index is 906. The standard InChI is InChI=1S/C18H15ClF2N2O3/c1-9-7-14(22-15(19)10(9)2)23-16(24)17(5-6-17)11-3-4-12-13(8-11)26-18(20,21)25-12/h3-4,7-8H,5-6H2,1-2H3,(H,22,23,24). The number of fused-ring (bicyclic) bond motifs is 1. The van der Waals surface area contributed by atoms with Gasteiger partial charge in [0, 0.05) is 0 Å². The summed E-state index contributed by atoms with van der Waals surface area (Å²) in [5.74, 6) is -0.00640. The third-order valence-corrected chi connectivity index (χ3v) is 5.22. The summed E-state index contributed by atoms with van der Waals surface area (Å²) in [5, 5.41) is 3.11. The molecule has 1 aliphatic carbocycles. The monoisotopic (exact) mass is 380 g/mol. The molecule has 0 radical (unpaired) electrons. The number of aryl methyl sites for hydroxylation is 1. The van der Waals surface area contributed by atoms with Gasteiger partial charge in [0.1, 0.15) is 11.0 Å². The van der Waals surface area contributed by atoms with E-state index in [4.69, 9.17) is 11.6 Å². The molecule has 0 bridgehead atoms. The summed E-state index contributed by atoms with van der Waals surface area (Å²) < 4.78 is 35.3. The molecule has 0 unspecified atom stereocenters. The zero-order chi connectivity index (χ0) is 18.7. The van der Waals surface area contributed by atoms with Gasteiger partial charge in [0.25, 0.3) is 0 Å². The number of hydrogen-bond acceptors (Lipinski definition) is 4. The largest absolute Gasteiger partial charge is 0.586 e. The number of alkyl halides is 2. The van der Waals surface area contributed by atoms with Crippen molar-refractivity contribution in [2.45, 2.75) is 38.4 Å². The Morgan fingerprint density at radius 3 is 2.54 bits per heavy atom. The maximum Gasteiger partial charge on any atom is 0.586 e. The fraction of sp³-hybridized carbons (Fsp3) is 0.333. The molecule has 1 aromatic heterocycles. The summed E-state index contributed by atoms with van der Waals surface area (Å²) in [6.07, 6.45) is -2.47. The number of rotatable bonds is 3. The van der Waals surface area contributed by atoms with Crippen molar-refractivity contribution in [2.75, 3.05) is 5.32 Å². The lowest BCUT2D eigenvalue weighted by Crippen LogP contribution is -2.28. The molecule has 2 aromatic rings. The summed E-state index contributed by atoms with van der Waals surface area (Å²) in [5.41, 5.74) is 1.58. The van der Waals surface area contributed by atoms with Gasteiger partial charge in [-0.1, -0.05) is 17.7 Å². The Morgan fingerprint density at radius 2 is 1.88 bits per heavy atom. The average molecular weight is 381 g/mol. The second kappa shape index (κ2) is 5.54. The maximum atomic E-state index is 13.2. The lowest BCUT2D eigenvalue weighted by Gasteiger charge is -2.16. The summed E-state index contributed by atoms with van der Waals surface area (Å²) >= 11 is 6.08. The Balaban J connectivity index is 1.59. The fourth-order valence-electron chi connectivity index (χ4n) is 3.02. The molecule has 2 heterocycles. The minimum absolute atomic E-state index is 0.0439. The molecule has 0 spiro atoms. The van der Waals surface area contributed by atoms with Gasteiger partial charge in [-0.15, -0.1) is 8.78 Å². The van der Waals surface area contributed by atoms with Crippen LogP contribution in [0.3, 0.4) is 0 Å².